The molecule has 1 saturated heterocycles. The summed E-state index contributed by atoms with van der Waals surface area (Å²) in [6.45, 7) is 0. The second-order valence-electron chi connectivity index (χ2n) is 8.56. The first kappa shape index (κ1) is 20.5. The first-order valence-corrected chi connectivity index (χ1v) is 11.7. The minimum Gasteiger partial charge on any atom is -0.496 e. The number of Topliss-reactive ketones (excluding diaryl/α,β-unsaturated/α-hetero) is 1. The lowest BCUT2D eigenvalue weighted by atomic mass is 9.87. The van der Waals surface area contributed by atoms with Crippen LogP contribution in [0.25, 0.3) is 10.9 Å². The third-order valence-corrected chi connectivity index (χ3v) is 7.58. The molecule has 3 heterocycles. The van der Waals surface area contributed by atoms with Crippen molar-refractivity contribution in [2.45, 2.75) is 24.4 Å². The third kappa shape index (κ3) is 3.03. The molecule has 6 rings (SSSR count). The van der Waals surface area contributed by atoms with E-state index in [1.165, 1.54) is 5.56 Å². The average Bonchev–Trinajstić information content (AvgIpc) is 3.33. The van der Waals surface area contributed by atoms with Crippen LogP contribution in [0, 0.1) is 0 Å². The molecule has 0 spiro atoms. The van der Waals surface area contributed by atoms with Gasteiger partial charge in [0.05, 0.1) is 30.1 Å². The van der Waals surface area contributed by atoms with E-state index in [4.69, 9.17) is 28.6 Å². The fraction of sp³-hybridized carbons (Fsp3) is 0.185. The molecule has 2 aliphatic rings. The summed E-state index contributed by atoms with van der Waals surface area (Å²) >= 11 is 12.2. The highest BCUT2D eigenvalue weighted by molar-refractivity contribution is 7.80. The number of aromatic amines is 1. The summed E-state index contributed by atoms with van der Waals surface area (Å²) in [7, 11) is 1.63. The topological polar surface area (TPSA) is 45.3 Å². The van der Waals surface area contributed by atoms with Crippen molar-refractivity contribution in [3.05, 3.63) is 100 Å². The SMILES string of the molecule is COc1ccccc1C1C(=O)C2Cc3c([nH]c4ccccc34)C(c3ccc(Cl)cc3)N2C1=S. The molecule has 1 N–H and O–H groups in total. The maximum atomic E-state index is 13.9. The number of ether oxygens (including phenoxy) is 1. The van der Waals surface area contributed by atoms with E-state index in [0.717, 1.165) is 27.7 Å². The molecular formula is C27H21ClN2O2S. The summed E-state index contributed by atoms with van der Waals surface area (Å²) in [6, 6.07) is 23.2. The Kier molecular flexibility index (Phi) is 4.78. The van der Waals surface area contributed by atoms with Gasteiger partial charge >= 0.3 is 0 Å². The molecule has 0 aliphatic carbocycles. The Morgan fingerprint density at radius 1 is 1.03 bits per heavy atom. The second-order valence-corrected chi connectivity index (χ2v) is 9.41. The molecule has 1 fully saturated rings. The van der Waals surface area contributed by atoms with E-state index < -0.39 is 5.92 Å². The zero-order valence-corrected chi connectivity index (χ0v) is 19.5. The van der Waals surface area contributed by atoms with Crippen LogP contribution in [0.4, 0.5) is 0 Å². The monoisotopic (exact) mass is 472 g/mol. The molecular weight excluding hydrogens is 452 g/mol. The number of ketones is 1. The zero-order chi connectivity index (χ0) is 22.7. The summed E-state index contributed by atoms with van der Waals surface area (Å²) in [4.78, 5) is 20.3. The van der Waals surface area contributed by atoms with Crippen molar-refractivity contribution < 1.29 is 9.53 Å². The predicted octanol–water partition coefficient (Wildman–Crippen LogP) is 5.84. The molecule has 3 atom stereocenters. The lowest BCUT2D eigenvalue weighted by Gasteiger charge is -2.38. The second kappa shape index (κ2) is 7.72. The molecule has 0 bridgehead atoms. The number of rotatable bonds is 3. The Hall–Kier alpha value is -3.15. The van der Waals surface area contributed by atoms with Crippen LogP contribution in [0.15, 0.2) is 72.8 Å². The standard InChI is InChI=1S/C27H21ClN2O2S/c1-32-22-9-5-3-7-18(22)23-26(31)21-14-19-17-6-2-4-8-20(17)29-24(19)25(30(21)27(23)33)15-10-12-16(28)13-11-15/h2-13,21,23,25,29H,14H2,1H3. The highest BCUT2D eigenvalue weighted by atomic mass is 35.5. The van der Waals surface area contributed by atoms with Gasteiger partial charge in [-0.3, -0.25) is 4.79 Å². The van der Waals surface area contributed by atoms with Gasteiger partial charge in [-0.05, 0) is 35.4 Å². The number of thiocarbonyl (C=S) groups is 1. The molecule has 0 saturated carbocycles. The summed E-state index contributed by atoms with van der Waals surface area (Å²) in [6.07, 6.45) is 0.619. The van der Waals surface area contributed by atoms with Crippen molar-refractivity contribution in [2.75, 3.05) is 7.11 Å². The molecule has 164 valence electrons. The van der Waals surface area contributed by atoms with Crippen molar-refractivity contribution in [3.63, 3.8) is 0 Å². The van der Waals surface area contributed by atoms with Crippen LogP contribution in [0.1, 0.15) is 34.3 Å². The number of carbonyl (C=O) groups is 1. The van der Waals surface area contributed by atoms with Crippen LogP contribution in [-0.4, -0.2) is 33.8 Å². The fourth-order valence-electron chi connectivity index (χ4n) is 5.43. The number of halogens is 1. The summed E-state index contributed by atoms with van der Waals surface area (Å²) in [5, 5.41) is 1.83. The van der Waals surface area contributed by atoms with E-state index >= 15 is 0 Å². The van der Waals surface area contributed by atoms with Crippen LogP contribution >= 0.6 is 23.8 Å². The van der Waals surface area contributed by atoms with Gasteiger partial charge in [-0.2, -0.15) is 0 Å². The van der Waals surface area contributed by atoms with Gasteiger partial charge in [0.25, 0.3) is 0 Å². The number of H-pyrrole nitrogens is 1. The lowest BCUT2D eigenvalue weighted by molar-refractivity contribution is -0.121. The maximum Gasteiger partial charge on any atom is 0.169 e. The molecule has 4 aromatic rings. The molecule has 0 radical (unpaired) electrons. The first-order chi connectivity index (χ1) is 16.1. The molecule has 0 amide bonds. The molecule has 3 unspecified atom stereocenters. The predicted molar refractivity (Wildman–Crippen MR) is 134 cm³/mol. The number of para-hydroxylation sites is 2. The van der Waals surface area contributed by atoms with Crippen molar-refractivity contribution in [1.29, 1.82) is 0 Å². The fourth-order valence-corrected chi connectivity index (χ4v) is 6.03. The Labute approximate surface area is 202 Å². The van der Waals surface area contributed by atoms with Crippen molar-refractivity contribution >= 4 is 45.5 Å². The Morgan fingerprint density at radius 2 is 1.76 bits per heavy atom. The summed E-state index contributed by atoms with van der Waals surface area (Å²) < 4.78 is 5.59. The highest BCUT2D eigenvalue weighted by Gasteiger charge is 2.52. The van der Waals surface area contributed by atoms with Crippen LogP contribution in [-0.2, 0) is 11.2 Å². The average molecular weight is 473 g/mol. The number of carbonyl (C=O) groups excluding carboxylic acids is 1. The number of hydrogen-bond donors (Lipinski definition) is 1. The van der Waals surface area contributed by atoms with Crippen molar-refractivity contribution in [3.8, 4) is 5.75 Å². The van der Waals surface area contributed by atoms with E-state index in [0.29, 0.717) is 22.2 Å². The quantitative estimate of drug-likeness (QED) is 0.380. The largest absolute Gasteiger partial charge is 0.496 e. The van der Waals surface area contributed by atoms with Crippen LogP contribution in [0.2, 0.25) is 5.02 Å². The minimum atomic E-state index is -0.508. The molecule has 2 aliphatic heterocycles. The normalized spacial score (nSPS) is 21.9. The van der Waals surface area contributed by atoms with E-state index in [1.54, 1.807) is 7.11 Å². The minimum absolute atomic E-state index is 0.124. The van der Waals surface area contributed by atoms with Gasteiger partial charge in [-0.25, -0.2) is 0 Å². The van der Waals surface area contributed by atoms with E-state index in [1.807, 2.05) is 60.7 Å². The highest BCUT2D eigenvalue weighted by Crippen LogP contribution is 2.48. The van der Waals surface area contributed by atoms with Crippen LogP contribution < -0.4 is 4.74 Å². The molecule has 1 aromatic heterocycles. The van der Waals surface area contributed by atoms with E-state index in [-0.39, 0.29) is 17.9 Å². The number of benzene rings is 3. The van der Waals surface area contributed by atoms with E-state index in [2.05, 4.69) is 22.0 Å². The number of nitrogens with zero attached hydrogens (tertiary/aromatic N) is 1. The number of hydrogen-bond acceptors (Lipinski definition) is 3. The zero-order valence-electron chi connectivity index (χ0n) is 17.9. The number of nitrogens with one attached hydrogen (secondary N) is 1. The van der Waals surface area contributed by atoms with Gasteiger partial charge in [-0.1, -0.05) is 72.3 Å². The Morgan fingerprint density at radius 3 is 2.55 bits per heavy atom. The Balaban J connectivity index is 1.55. The van der Waals surface area contributed by atoms with Gasteiger partial charge < -0.3 is 14.6 Å². The lowest BCUT2D eigenvalue weighted by Crippen LogP contribution is -2.43. The molecule has 33 heavy (non-hydrogen) atoms. The van der Waals surface area contributed by atoms with Crippen molar-refractivity contribution in [1.82, 2.24) is 9.88 Å². The molecule has 6 heteroatoms. The van der Waals surface area contributed by atoms with Crippen LogP contribution in [0.5, 0.6) is 5.75 Å². The Bertz CT molecular complexity index is 1410. The van der Waals surface area contributed by atoms with Gasteiger partial charge in [0.15, 0.2) is 5.78 Å². The van der Waals surface area contributed by atoms with Gasteiger partial charge in [-0.15, -0.1) is 0 Å². The number of aromatic nitrogens is 1. The molecule has 4 nitrogen and oxygen atoms in total. The molecule has 3 aromatic carbocycles. The number of fused-ring (bicyclic) bond motifs is 4. The summed E-state index contributed by atoms with van der Waals surface area (Å²) in [5.74, 6) is 0.302. The maximum absolute atomic E-state index is 13.9. The van der Waals surface area contributed by atoms with Gasteiger partial charge in [0.1, 0.15) is 5.75 Å². The number of methoxy groups -OCH3 is 1. The van der Waals surface area contributed by atoms with E-state index in [9.17, 15) is 4.79 Å². The van der Waals surface area contributed by atoms with Crippen LogP contribution in [0.3, 0.4) is 0 Å². The summed E-state index contributed by atoms with van der Waals surface area (Å²) in [5.41, 5.74) is 5.22. The first-order valence-electron chi connectivity index (χ1n) is 10.9. The van der Waals surface area contributed by atoms with Gasteiger partial charge in [0, 0.05) is 33.6 Å². The smallest absolute Gasteiger partial charge is 0.169 e. The van der Waals surface area contributed by atoms with Gasteiger partial charge in [0.2, 0.25) is 0 Å². The van der Waals surface area contributed by atoms with Crippen molar-refractivity contribution in [2.24, 2.45) is 0 Å². The third-order valence-electron chi connectivity index (χ3n) is 6.88.